The molecule has 0 spiro atoms. The van der Waals surface area contributed by atoms with Crippen molar-refractivity contribution in [1.82, 2.24) is 9.88 Å². The van der Waals surface area contributed by atoms with E-state index >= 15 is 0 Å². The Morgan fingerprint density at radius 3 is 2.40 bits per heavy atom. The number of hydrogen-bond donors (Lipinski definition) is 2. The van der Waals surface area contributed by atoms with Gasteiger partial charge in [-0.05, 0) is 55.7 Å². The maximum absolute atomic E-state index is 14.7. The highest BCUT2D eigenvalue weighted by Gasteiger charge is 2.48. The van der Waals surface area contributed by atoms with E-state index in [1.54, 1.807) is 0 Å². The van der Waals surface area contributed by atoms with E-state index in [0.717, 1.165) is 17.0 Å². The Balaban J connectivity index is 1.83. The average Bonchev–Trinajstić information content (AvgIpc) is 2.71. The van der Waals surface area contributed by atoms with Gasteiger partial charge in [0.05, 0.1) is 6.10 Å². The lowest BCUT2D eigenvalue weighted by atomic mass is 10.1. The molecule has 1 aromatic carbocycles. The van der Waals surface area contributed by atoms with Gasteiger partial charge in [0.2, 0.25) is 0 Å². The summed E-state index contributed by atoms with van der Waals surface area (Å²) in [6, 6.07) is 5.27. The topological polar surface area (TPSA) is 82.5 Å². The van der Waals surface area contributed by atoms with Gasteiger partial charge in [-0.15, -0.1) is 0 Å². The highest BCUT2D eigenvalue weighted by molar-refractivity contribution is 6.03. The van der Waals surface area contributed by atoms with Gasteiger partial charge in [0.1, 0.15) is 11.5 Å². The standard InChI is InChI=1S/C20H19F4N3O3/c1-11-10-12(2-3-14(11)21)25-18(29)16-5-4-15(22)17(26-16)20(23,24)19(30)27-8-6-13(28)7-9-27/h2-5,10,13,28H,6-9H2,1H3,(H,25,29). The Labute approximate surface area is 169 Å². The number of piperidine rings is 1. The molecule has 2 heterocycles. The summed E-state index contributed by atoms with van der Waals surface area (Å²) in [4.78, 5) is 28.9. The summed E-state index contributed by atoms with van der Waals surface area (Å²) < 4.78 is 56.9. The Bertz CT molecular complexity index is 976. The minimum Gasteiger partial charge on any atom is -0.393 e. The number of nitrogens with zero attached hydrogens (tertiary/aromatic N) is 2. The lowest BCUT2D eigenvalue weighted by Crippen LogP contribution is -2.47. The number of likely N-dealkylation sites (tertiary alicyclic amines) is 1. The number of pyridine rings is 1. The molecule has 10 heteroatoms. The Kier molecular flexibility index (Phi) is 6.06. The first-order valence-corrected chi connectivity index (χ1v) is 9.19. The lowest BCUT2D eigenvalue weighted by molar-refractivity contribution is -0.162. The third-order valence-corrected chi connectivity index (χ3v) is 4.81. The van der Waals surface area contributed by atoms with E-state index in [-0.39, 0.29) is 37.2 Å². The number of amides is 2. The van der Waals surface area contributed by atoms with Crippen LogP contribution in [0.3, 0.4) is 0 Å². The highest BCUT2D eigenvalue weighted by atomic mass is 19.3. The number of aliphatic hydroxyl groups excluding tert-OH is 1. The second-order valence-corrected chi connectivity index (χ2v) is 7.04. The van der Waals surface area contributed by atoms with Gasteiger partial charge in [-0.25, -0.2) is 13.8 Å². The molecule has 0 atom stereocenters. The number of hydrogen-bond acceptors (Lipinski definition) is 4. The number of halogens is 4. The number of aryl methyl sites for hydroxylation is 1. The fraction of sp³-hybridized carbons (Fsp3) is 0.350. The molecule has 1 saturated heterocycles. The first-order chi connectivity index (χ1) is 14.1. The van der Waals surface area contributed by atoms with Gasteiger partial charge in [-0.1, -0.05) is 0 Å². The predicted octanol–water partition coefficient (Wildman–Crippen LogP) is 3.00. The number of carbonyl (C=O) groups excluding carboxylic acids is 2. The summed E-state index contributed by atoms with van der Waals surface area (Å²) in [7, 11) is 0. The van der Waals surface area contributed by atoms with Crippen molar-refractivity contribution in [1.29, 1.82) is 0 Å². The van der Waals surface area contributed by atoms with Gasteiger partial charge in [0.15, 0.2) is 11.5 Å². The summed E-state index contributed by atoms with van der Waals surface area (Å²) in [5, 5.41) is 11.8. The smallest absolute Gasteiger partial charge is 0.369 e. The number of carbonyl (C=O) groups is 2. The molecule has 2 N–H and O–H groups in total. The van der Waals surface area contributed by atoms with Gasteiger partial charge in [0.25, 0.3) is 11.8 Å². The van der Waals surface area contributed by atoms with E-state index in [4.69, 9.17) is 0 Å². The molecule has 0 radical (unpaired) electrons. The summed E-state index contributed by atoms with van der Waals surface area (Å²) in [5.74, 6) is -8.79. The molecular weight excluding hydrogens is 406 g/mol. The largest absolute Gasteiger partial charge is 0.393 e. The molecule has 2 amide bonds. The van der Waals surface area contributed by atoms with Crippen molar-refractivity contribution in [3.8, 4) is 0 Å². The van der Waals surface area contributed by atoms with Crippen molar-refractivity contribution < 1.29 is 32.3 Å². The van der Waals surface area contributed by atoms with Crippen LogP contribution in [0.2, 0.25) is 0 Å². The van der Waals surface area contributed by atoms with E-state index in [0.29, 0.717) is 6.07 Å². The zero-order valence-corrected chi connectivity index (χ0v) is 16.0. The molecule has 30 heavy (non-hydrogen) atoms. The third kappa shape index (κ3) is 4.43. The molecular formula is C20H19F4N3O3. The summed E-state index contributed by atoms with van der Waals surface area (Å²) in [5.41, 5.74) is -1.54. The van der Waals surface area contributed by atoms with Crippen molar-refractivity contribution >= 4 is 17.5 Å². The van der Waals surface area contributed by atoms with Gasteiger partial charge >= 0.3 is 5.92 Å². The zero-order chi connectivity index (χ0) is 22.1. The number of benzene rings is 1. The maximum Gasteiger partial charge on any atom is 0.369 e. The van der Waals surface area contributed by atoms with E-state index in [1.807, 2.05) is 0 Å². The molecule has 0 unspecified atom stereocenters. The lowest BCUT2D eigenvalue weighted by Gasteiger charge is -2.32. The first-order valence-electron chi connectivity index (χ1n) is 9.19. The van der Waals surface area contributed by atoms with E-state index < -0.39 is 46.9 Å². The van der Waals surface area contributed by atoms with Gasteiger partial charge in [-0.3, -0.25) is 9.59 Å². The van der Waals surface area contributed by atoms with Crippen LogP contribution in [0, 0.1) is 18.6 Å². The molecule has 1 fully saturated rings. The van der Waals surface area contributed by atoms with Crippen molar-refractivity contribution in [3.05, 3.63) is 58.9 Å². The monoisotopic (exact) mass is 425 g/mol. The predicted molar refractivity (Wildman–Crippen MR) is 99.0 cm³/mol. The van der Waals surface area contributed by atoms with Crippen LogP contribution in [0.4, 0.5) is 23.2 Å². The molecule has 0 bridgehead atoms. The van der Waals surface area contributed by atoms with Crippen LogP contribution >= 0.6 is 0 Å². The fourth-order valence-electron chi connectivity index (χ4n) is 3.08. The normalized spacial score (nSPS) is 15.2. The Morgan fingerprint density at radius 1 is 1.13 bits per heavy atom. The maximum atomic E-state index is 14.7. The first kappa shape index (κ1) is 21.7. The van der Waals surface area contributed by atoms with Crippen LogP contribution in [0.5, 0.6) is 0 Å². The van der Waals surface area contributed by atoms with E-state index in [1.165, 1.54) is 19.1 Å². The summed E-state index contributed by atoms with van der Waals surface area (Å²) in [6.45, 7) is 1.29. The summed E-state index contributed by atoms with van der Waals surface area (Å²) in [6.07, 6.45) is -0.409. The van der Waals surface area contributed by atoms with Crippen molar-refractivity contribution in [2.75, 3.05) is 18.4 Å². The molecule has 6 nitrogen and oxygen atoms in total. The Hall–Kier alpha value is -3.01. The van der Waals surface area contributed by atoms with Gasteiger partial charge in [0, 0.05) is 18.8 Å². The van der Waals surface area contributed by atoms with Crippen LogP contribution in [0.25, 0.3) is 0 Å². The SMILES string of the molecule is Cc1cc(NC(=O)c2ccc(F)c(C(F)(F)C(=O)N3CCC(O)CC3)n2)ccc1F. The van der Waals surface area contributed by atoms with Crippen LogP contribution in [-0.2, 0) is 10.7 Å². The van der Waals surface area contributed by atoms with Crippen molar-refractivity contribution in [2.45, 2.75) is 31.8 Å². The minimum absolute atomic E-state index is 0.0959. The molecule has 1 aliphatic heterocycles. The van der Waals surface area contributed by atoms with E-state index in [2.05, 4.69) is 10.3 Å². The highest BCUT2D eigenvalue weighted by Crippen LogP contribution is 2.32. The van der Waals surface area contributed by atoms with Gasteiger partial charge in [-0.2, -0.15) is 8.78 Å². The number of rotatable bonds is 4. The summed E-state index contributed by atoms with van der Waals surface area (Å²) >= 11 is 0. The molecule has 1 aliphatic rings. The third-order valence-electron chi connectivity index (χ3n) is 4.81. The van der Waals surface area contributed by atoms with Crippen LogP contribution in [0.15, 0.2) is 30.3 Å². The van der Waals surface area contributed by atoms with Crippen LogP contribution in [0.1, 0.15) is 34.6 Å². The zero-order valence-electron chi connectivity index (χ0n) is 16.0. The van der Waals surface area contributed by atoms with Crippen LogP contribution < -0.4 is 5.32 Å². The molecule has 3 rings (SSSR count). The quantitative estimate of drug-likeness (QED) is 0.738. The second-order valence-electron chi connectivity index (χ2n) is 7.04. The van der Waals surface area contributed by atoms with Crippen LogP contribution in [-0.4, -0.2) is 46.0 Å². The fourth-order valence-corrected chi connectivity index (χ4v) is 3.08. The molecule has 0 saturated carbocycles. The molecule has 160 valence electrons. The average molecular weight is 425 g/mol. The number of anilines is 1. The number of nitrogens with one attached hydrogen (secondary N) is 1. The minimum atomic E-state index is -4.30. The van der Waals surface area contributed by atoms with E-state index in [9.17, 15) is 32.3 Å². The van der Waals surface area contributed by atoms with Crippen molar-refractivity contribution in [3.63, 3.8) is 0 Å². The van der Waals surface area contributed by atoms with Gasteiger partial charge < -0.3 is 15.3 Å². The number of alkyl halides is 2. The van der Waals surface area contributed by atoms with Crippen molar-refractivity contribution in [2.24, 2.45) is 0 Å². The second kappa shape index (κ2) is 8.39. The number of aromatic nitrogens is 1. The number of aliphatic hydroxyl groups is 1. The Morgan fingerprint density at radius 2 is 1.77 bits per heavy atom. The molecule has 2 aromatic rings. The molecule has 0 aliphatic carbocycles. The molecule has 1 aromatic heterocycles.